The van der Waals surface area contributed by atoms with E-state index in [9.17, 15) is 14.3 Å². The Labute approximate surface area is 251 Å². The lowest BCUT2D eigenvalue weighted by molar-refractivity contribution is -0.136. The molecule has 0 amide bonds. The molecule has 0 bridgehead atoms. The molecule has 226 valence electrons. The summed E-state index contributed by atoms with van der Waals surface area (Å²) in [4.78, 5) is 23.6. The number of aryl methyl sites for hydroxylation is 1. The third-order valence-corrected chi connectivity index (χ3v) is 8.11. The highest BCUT2D eigenvalue weighted by atomic mass is 19.1. The lowest BCUT2D eigenvalue weighted by atomic mass is 9.82. The molecular formula is C34H39FN4O4. The number of anilines is 1. The van der Waals surface area contributed by atoms with E-state index in [1.165, 1.54) is 18.5 Å². The molecule has 2 aromatic carbocycles. The Hall–Kier alpha value is -4.24. The van der Waals surface area contributed by atoms with E-state index < -0.39 is 5.97 Å². The van der Waals surface area contributed by atoms with Gasteiger partial charge in [-0.05, 0) is 60.6 Å². The standard InChI is InChI=1S/C34H39FN4O4/c1-23-29(18-31(40)41)33(39-15-13-34(2,3)14-16-39)32(30(38-23)20-36-19-27-21-42-22-37-27)25-6-10-28(11-7-25)43-17-12-24-4-8-26(35)9-5-24/h4-11,21-22,36H,12-20H2,1-3H3,(H,40,41). The molecule has 5 rings (SSSR count). The number of carbonyl (C=O) groups is 1. The summed E-state index contributed by atoms with van der Waals surface area (Å²) >= 11 is 0. The Balaban J connectivity index is 1.47. The normalized spacial score (nSPS) is 14.6. The molecule has 43 heavy (non-hydrogen) atoms. The van der Waals surface area contributed by atoms with Crippen molar-refractivity contribution >= 4 is 11.7 Å². The third-order valence-electron chi connectivity index (χ3n) is 8.11. The van der Waals surface area contributed by atoms with Crippen molar-refractivity contribution in [3.8, 4) is 16.9 Å². The number of halogens is 1. The summed E-state index contributed by atoms with van der Waals surface area (Å²) in [7, 11) is 0. The first-order valence-corrected chi connectivity index (χ1v) is 14.7. The minimum Gasteiger partial charge on any atom is -0.493 e. The Morgan fingerprint density at radius 3 is 2.47 bits per heavy atom. The topological polar surface area (TPSA) is 101 Å². The molecular weight excluding hydrogens is 547 g/mol. The van der Waals surface area contributed by atoms with Crippen molar-refractivity contribution in [2.24, 2.45) is 5.41 Å². The minimum absolute atomic E-state index is 0.0989. The van der Waals surface area contributed by atoms with Crippen molar-refractivity contribution in [1.29, 1.82) is 0 Å². The molecule has 1 saturated heterocycles. The van der Waals surface area contributed by atoms with Crippen LogP contribution in [0.1, 0.15) is 54.9 Å². The smallest absolute Gasteiger partial charge is 0.307 e. The maximum absolute atomic E-state index is 13.2. The lowest BCUT2D eigenvalue weighted by Crippen LogP contribution is -2.38. The van der Waals surface area contributed by atoms with Crippen LogP contribution in [-0.2, 0) is 30.7 Å². The maximum Gasteiger partial charge on any atom is 0.307 e. The maximum atomic E-state index is 13.2. The summed E-state index contributed by atoms with van der Waals surface area (Å²) in [5, 5.41) is 13.3. The largest absolute Gasteiger partial charge is 0.493 e. The van der Waals surface area contributed by atoms with Crippen molar-refractivity contribution in [2.45, 2.75) is 59.5 Å². The molecule has 3 heterocycles. The second-order valence-corrected chi connectivity index (χ2v) is 11.9. The molecule has 2 N–H and O–H groups in total. The minimum atomic E-state index is -0.878. The average Bonchev–Trinajstić information content (AvgIpc) is 3.49. The number of carboxylic acids is 1. The molecule has 9 heteroatoms. The summed E-state index contributed by atoms with van der Waals surface area (Å²) in [6.07, 6.45) is 5.61. The van der Waals surface area contributed by atoms with Gasteiger partial charge in [-0.25, -0.2) is 9.37 Å². The zero-order valence-electron chi connectivity index (χ0n) is 25.0. The number of aliphatic carboxylic acids is 1. The first-order valence-electron chi connectivity index (χ1n) is 14.7. The zero-order chi connectivity index (χ0) is 30.4. The summed E-state index contributed by atoms with van der Waals surface area (Å²) in [6, 6.07) is 14.4. The summed E-state index contributed by atoms with van der Waals surface area (Å²) in [5.41, 5.74) is 7.20. The van der Waals surface area contributed by atoms with Crippen LogP contribution in [0.4, 0.5) is 10.1 Å². The summed E-state index contributed by atoms with van der Waals surface area (Å²) < 4.78 is 24.3. The van der Waals surface area contributed by atoms with Gasteiger partial charge in [-0.1, -0.05) is 38.1 Å². The van der Waals surface area contributed by atoms with Gasteiger partial charge in [0.25, 0.3) is 0 Å². The highest BCUT2D eigenvalue weighted by molar-refractivity contribution is 5.86. The van der Waals surface area contributed by atoms with E-state index in [1.807, 2.05) is 31.2 Å². The molecule has 1 fully saturated rings. The molecule has 2 aromatic heterocycles. The number of aromatic nitrogens is 2. The van der Waals surface area contributed by atoms with E-state index in [-0.39, 0.29) is 17.7 Å². The highest BCUT2D eigenvalue weighted by Gasteiger charge is 2.30. The fourth-order valence-electron chi connectivity index (χ4n) is 5.55. The summed E-state index contributed by atoms with van der Waals surface area (Å²) in [6.45, 7) is 9.61. The molecule has 0 radical (unpaired) electrons. The molecule has 1 aliphatic heterocycles. The number of hydrogen-bond acceptors (Lipinski definition) is 7. The van der Waals surface area contributed by atoms with Crippen LogP contribution in [0.3, 0.4) is 0 Å². The van der Waals surface area contributed by atoms with Crippen LogP contribution in [0.25, 0.3) is 11.1 Å². The Morgan fingerprint density at radius 1 is 1.09 bits per heavy atom. The van der Waals surface area contributed by atoms with E-state index in [2.05, 4.69) is 29.0 Å². The molecule has 1 aliphatic rings. The van der Waals surface area contributed by atoms with E-state index in [4.69, 9.17) is 14.1 Å². The molecule has 0 unspecified atom stereocenters. The first-order chi connectivity index (χ1) is 20.7. The van der Waals surface area contributed by atoms with Gasteiger partial charge in [0.05, 0.1) is 30.1 Å². The van der Waals surface area contributed by atoms with E-state index in [1.54, 1.807) is 18.4 Å². The van der Waals surface area contributed by atoms with Gasteiger partial charge in [0.2, 0.25) is 0 Å². The van der Waals surface area contributed by atoms with Gasteiger partial charge in [-0.2, -0.15) is 0 Å². The van der Waals surface area contributed by atoms with Crippen molar-refractivity contribution in [3.63, 3.8) is 0 Å². The molecule has 8 nitrogen and oxygen atoms in total. The van der Waals surface area contributed by atoms with Gasteiger partial charge in [0.1, 0.15) is 17.8 Å². The number of ether oxygens (including phenoxy) is 1. The predicted molar refractivity (Wildman–Crippen MR) is 164 cm³/mol. The van der Waals surface area contributed by atoms with Crippen LogP contribution < -0.4 is 15.0 Å². The van der Waals surface area contributed by atoms with Crippen LogP contribution in [0, 0.1) is 18.2 Å². The first kappa shape index (κ1) is 30.2. The molecule has 0 spiro atoms. The van der Waals surface area contributed by atoms with E-state index in [0.717, 1.165) is 76.7 Å². The molecule has 0 saturated carbocycles. The van der Waals surface area contributed by atoms with Gasteiger partial charge in [0.15, 0.2) is 6.39 Å². The fraction of sp³-hybridized carbons (Fsp3) is 0.382. The number of hydrogen-bond donors (Lipinski definition) is 2. The highest BCUT2D eigenvalue weighted by Crippen LogP contribution is 2.42. The SMILES string of the molecule is Cc1nc(CNCc2cocn2)c(-c2ccc(OCCc3ccc(F)cc3)cc2)c(N2CCC(C)(C)CC2)c1CC(=O)O. The van der Waals surface area contributed by atoms with Crippen molar-refractivity contribution in [3.05, 3.63) is 95.2 Å². The quantitative estimate of drug-likeness (QED) is 0.198. The molecule has 0 aliphatic carbocycles. The Kier molecular flexibility index (Phi) is 9.40. The molecule has 4 aromatic rings. The second kappa shape index (κ2) is 13.4. The van der Waals surface area contributed by atoms with Gasteiger partial charge in [-0.3, -0.25) is 9.78 Å². The number of rotatable bonds is 12. The third kappa shape index (κ3) is 7.78. The van der Waals surface area contributed by atoms with Crippen molar-refractivity contribution in [1.82, 2.24) is 15.3 Å². The average molecular weight is 587 g/mol. The number of piperidine rings is 1. The van der Waals surface area contributed by atoms with Gasteiger partial charge in [-0.15, -0.1) is 0 Å². The second-order valence-electron chi connectivity index (χ2n) is 11.9. The number of pyridine rings is 1. The number of nitrogens with one attached hydrogen (secondary N) is 1. The van der Waals surface area contributed by atoms with Crippen molar-refractivity contribution in [2.75, 3.05) is 24.6 Å². The van der Waals surface area contributed by atoms with E-state index >= 15 is 0 Å². The number of benzene rings is 2. The van der Waals surface area contributed by atoms with Crippen LogP contribution in [0.2, 0.25) is 0 Å². The monoisotopic (exact) mass is 586 g/mol. The van der Waals surface area contributed by atoms with Gasteiger partial charge < -0.3 is 24.5 Å². The predicted octanol–water partition coefficient (Wildman–Crippen LogP) is 6.35. The Bertz CT molecular complexity index is 1510. The van der Waals surface area contributed by atoms with Crippen molar-refractivity contribution < 1.29 is 23.4 Å². The Morgan fingerprint density at radius 2 is 1.81 bits per heavy atom. The number of oxazole rings is 1. The van der Waals surface area contributed by atoms with Gasteiger partial charge in [0, 0.05) is 49.4 Å². The number of nitrogens with zero attached hydrogens (tertiary/aromatic N) is 3. The fourth-order valence-corrected chi connectivity index (χ4v) is 5.55. The summed E-state index contributed by atoms with van der Waals surface area (Å²) in [5.74, 6) is -0.405. The number of carboxylic acid groups (broad SMARTS) is 1. The lowest BCUT2D eigenvalue weighted by Gasteiger charge is -2.40. The molecule has 0 atom stereocenters. The van der Waals surface area contributed by atoms with E-state index in [0.29, 0.717) is 26.1 Å². The van der Waals surface area contributed by atoms with Crippen LogP contribution >= 0.6 is 0 Å². The van der Waals surface area contributed by atoms with Crippen LogP contribution in [0.15, 0.2) is 65.6 Å². The van der Waals surface area contributed by atoms with Crippen LogP contribution in [-0.4, -0.2) is 40.7 Å². The zero-order valence-corrected chi connectivity index (χ0v) is 25.0. The van der Waals surface area contributed by atoms with Gasteiger partial charge >= 0.3 is 5.97 Å². The van der Waals surface area contributed by atoms with Crippen LogP contribution in [0.5, 0.6) is 5.75 Å².